The smallest absolute Gasteiger partial charge is 0.0816 e. The third kappa shape index (κ3) is 3.03. The Morgan fingerprint density at radius 1 is 1.53 bits per heavy atom. The molecule has 1 rings (SSSR count). The van der Waals surface area contributed by atoms with E-state index in [1.54, 1.807) is 18.4 Å². The first-order valence-corrected chi connectivity index (χ1v) is 6.22. The van der Waals surface area contributed by atoms with Crippen LogP contribution in [0.4, 0.5) is 0 Å². The van der Waals surface area contributed by atoms with Gasteiger partial charge in [0.15, 0.2) is 0 Å². The van der Waals surface area contributed by atoms with Crippen LogP contribution in [0, 0.1) is 6.92 Å². The summed E-state index contributed by atoms with van der Waals surface area (Å²) in [5.41, 5.74) is 1.15. The van der Waals surface area contributed by atoms with Crippen LogP contribution in [0.3, 0.4) is 0 Å². The second-order valence-corrected chi connectivity index (χ2v) is 5.40. The van der Waals surface area contributed by atoms with Crippen LogP contribution in [0.15, 0.2) is 11.4 Å². The molecule has 1 aromatic rings. The van der Waals surface area contributed by atoms with Crippen molar-refractivity contribution in [3.63, 3.8) is 0 Å². The number of rotatable bonds is 5. The Kier molecular flexibility index (Phi) is 4.32. The molecule has 0 fully saturated rings. The topological polar surface area (TPSA) is 21.3 Å². The maximum absolute atomic E-state index is 5.56. The summed E-state index contributed by atoms with van der Waals surface area (Å²) in [6.45, 7) is 9.45. The number of aryl methyl sites for hydroxylation is 1. The molecule has 0 saturated heterocycles. The molecule has 0 spiro atoms. The van der Waals surface area contributed by atoms with Crippen LogP contribution >= 0.6 is 11.3 Å². The zero-order valence-electron chi connectivity index (χ0n) is 10.3. The fraction of sp³-hybridized carbons (Fsp3) is 0.667. The standard InChI is InChI=1S/C12H21NOS/c1-6-13-11(12(3,4)14-5)10-7-9(2)15-8-10/h7-8,11,13H,6H2,1-5H3. The van der Waals surface area contributed by atoms with Gasteiger partial charge < -0.3 is 10.1 Å². The summed E-state index contributed by atoms with van der Waals surface area (Å²) in [6.07, 6.45) is 0. The minimum Gasteiger partial charge on any atom is -0.377 e. The van der Waals surface area contributed by atoms with Crippen molar-refractivity contribution in [3.05, 3.63) is 21.9 Å². The summed E-state index contributed by atoms with van der Waals surface area (Å²) in [4.78, 5) is 1.35. The van der Waals surface area contributed by atoms with Crippen molar-refractivity contribution in [2.75, 3.05) is 13.7 Å². The number of hydrogen-bond acceptors (Lipinski definition) is 3. The van der Waals surface area contributed by atoms with Crippen LogP contribution in [0.5, 0.6) is 0 Å². The first-order chi connectivity index (χ1) is 7.01. The molecule has 1 atom stereocenters. The van der Waals surface area contributed by atoms with Crippen LogP contribution < -0.4 is 5.32 Å². The second-order valence-electron chi connectivity index (χ2n) is 4.29. The Morgan fingerprint density at radius 2 is 2.20 bits per heavy atom. The van der Waals surface area contributed by atoms with Gasteiger partial charge in [-0.3, -0.25) is 0 Å². The van der Waals surface area contributed by atoms with Crippen LogP contribution in [-0.2, 0) is 4.74 Å². The molecule has 3 heteroatoms. The molecule has 0 amide bonds. The summed E-state index contributed by atoms with van der Waals surface area (Å²) in [5.74, 6) is 0. The molecule has 0 saturated carbocycles. The maximum Gasteiger partial charge on any atom is 0.0816 e. The molecule has 1 N–H and O–H groups in total. The average molecular weight is 227 g/mol. The summed E-state index contributed by atoms with van der Waals surface area (Å²) >= 11 is 1.79. The van der Waals surface area contributed by atoms with E-state index in [1.807, 2.05) is 0 Å². The molecule has 86 valence electrons. The molecule has 0 bridgehead atoms. The molecule has 0 aliphatic rings. The van der Waals surface area contributed by atoms with Crippen molar-refractivity contribution in [1.82, 2.24) is 5.32 Å². The minimum atomic E-state index is -0.177. The third-order valence-corrected chi connectivity index (χ3v) is 3.59. The average Bonchev–Trinajstić information content (AvgIpc) is 2.60. The number of thiophene rings is 1. The van der Waals surface area contributed by atoms with Crippen molar-refractivity contribution in [2.45, 2.75) is 39.3 Å². The predicted octanol–water partition coefficient (Wildman–Crippen LogP) is 3.13. The second kappa shape index (κ2) is 5.10. The van der Waals surface area contributed by atoms with Gasteiger partial charge in [-0.25, -0.2) is 0 Å². The van der Waals surface area contributed by atoms with Crippen molar-refractivity contribution < 1.29 is 4.74 Å². The van der Waals surface area contributed by atoms with Gasteiger partial charge in [0.2, 0.25) is 0 Å². The summed E-state index contributed by atoms with van der Waals surface area (Å²) in [6, 6.07) is 2.50. The Bertz CT molecular complexity index is 306. The normalized spacial score (nSPS) is 14.2. The predicted molar refractivity (Wildman–Crippen MR) is 66.6 cm³/mol. The number of ether oxygens (including phenoxy) is 1. The van der Waals surface area contributed by atoms with E-state index in [1.165, 1.54) is 10.4 Å². The van der Waals surface area contributed by atoms with E-state index in [-0.39, 0.29) is 11.6 Å². The van der Waals surface area contributed by atoms with E-state index >= 15 is 0 Å². The molecule has 1 unspecified atom stereocenters. The minimum absolute atomic E-state index is 0.177. The van der Waals surface area contributed by atoms with Crippen molar-refractivity contribution in [3.8, 4) is 0 Å². The number of nitrogens with one attached hydrogen (secondary N) is 1. The van der Waals surface area contributed by atoms with E-state index in [2.05, 4.69) is 44.5 Å². The lowest BCUT2D eigenvalue weighted by atomic mass is 9.93. The van der Waals surface area contributed by atoms with Gasteiger partial charge in [0.1, 0.15) is 0 Å². The van der Waals surface area contributed by atoms with Gasteiger partial charge in [0, 0.05) is 12.0 Å². The van der Waals surface area contributed by atoms with Gasteiger partial charge in [-0.05, 0) is 44.3 Å². The molecule has 2 nitrogen and oxygen atoms in total. The number of likely N-dealkylation sites (N-methyl/N-ethyl adjacent to an activating group) is 1. The highest BCUT2D eigenvalue weighted by molar-refractivity contribution is 7.10. The quantitative estimate of drug-likeness (QED) is 0.834. The molecule has 1 aromatic heterocycles. The Balaban J connectivity index is 2.92. The van der Waals surface area contributed by atoms with E-state index in [9.17, 15) is 0 Å². The van der Waals surface area contributed by atoms with Crippen LogP contribution in [0.1, 0.15) is 37.3 Å². The lowest BCUT2D eigenvalue weighted by Crippen LogP contribution is -2.40. The summed E-state index contributed by atoms with van der Waals surface area (Å²) < 4.78 is 5.56. The highest BCUT2D eigenvalue weighted by atomic mass is 32.1. The van der Waals surface area contributed by atoms with E-state index < -0.39 is 0 Å². The van der Waals surface area contributed by atoms with E-state index in [0.717, 1.165) is 6.54 Å². The first-order valence-electron chi connectivity index (χ1n) is 5.34. The summed E-state index contributed by atoms with van der Waals surface area (Å²) in [5, 5.41) is 5.70. The van der Waals surface area contributed by atoms with Gasteiger partial charge in [0.05, 0.1) is 11.6 Å². The maximum atomic E-state index is 5.56. The highest BCUT2D eigenvalue weighted by Gasteiger charge is 2.30. The van der Waals surface area contributed by atoms with Crippen molar-refractivity contribution in [1.29, 1.82) is 0 Å². The lowest BCUT2D eigenvalue weighted by molar-refractivity contribution is -0.0105. The Hall–Kier alpha value is -0.380. The fourth-order valence-corrected chi connectivity index (χ4v) is 2.43. The fourth-order valence-electron chi connectivity index (χ4n) is 1.70. The SMILES string of the molecule is CCNC(c1csc(C)c1)C(C)(C)OC. The van der Waals surface area contributed by atoms with Crippen LogP contribution in [0.2, 0.25) is 0 Å². The molecule has 0 aliphatic heterocycles. The van der Waals surface area contributed by atoms with Gasteiger partial charge in [-0.15, -0.1) is 11.3 Å². The van der Waals surface area contributed by atoms with Crippen LogP contribution in [0.25, 0.3) is 0 Å². The molecular weight excluding hydrogens is 206 g/mol. The van der Waals surface area contributed by atoms with Gasteiger partial charge in [0.25, 0.3) is 0 Å². The largest absolute Gasteiger partial charge is 0.377 e. The molecule has 0 radical (unpaired) electrons. The molecule has 15 heavy (non-hydrogen) atoms. The first kappa shape index (κ1) is 12.7. The molecule has 1 heterocycles. The highest BCUT2D eigenvalue weighted by Crippen LogP contribution is 2.30. The van der Waals surface area contributed by atoms with Gasteiger partial charge in [-0.1, -0.05) is 6.92 Å². The lowest BCUT2D eigenvalue weighted by Gasteiger charge is -2.33. The Morgan fingerprint density at radius 3 is 2.60 bits per heavy atom. The zero-order chi connectivity index (χ0) is 11.5. The monoisotopic (exact) mass is 227 g/mol. The van der Waals surface area contributed by atoms with E-state index in [4.69, 9.17) is 4.74 Å². The number of methoxy groups -OCH3 is 1. The molecule has 0 aliphatic carbocycles. The van der Waals surface area contributed by atoms with E-state index in [0.29, 0.717) is 0 Å². The summed E-state index contributed by atoms with van der Waals surface area (Å²) in [7, 11) is 1.77. The Labute approximate surface area is 96.7 Å². The van der Waals surface area contributed by atoms with Gasteiger partial charge >= 0.3 is 0 Å². The molecule has 0 aromatic carbocycles. The van der Waals surface area contributed by atoms with Crippen LogP contribution in [-0.4, -0.2) is 19.3 Å². The number of hydrogen-bond donors (Lipinski definition) is 1. The zero-order valence-corrected chi connectivity index (χ0v) is 11.1. The molecular formula is C12H21NOS. The van der Waals surface area contributed by atoms with Crippen molar-refractivity contribution in [2.24, 2.45) is 0 Å². The third-order valence-electron chi connectivity index (χ3n) is 2.71. The van der Waals surface area contributed by atoms with Gasteiger partial charge in [-0.2, -0.15) is 0 Å². The van der Waals surface area contributed by atoms with Crippen molar-refractivity contribution >= 4 is 11.3 Å².